The zero-order chi connectivity index (χ0) is 14.2. The first-order valence-electron chi connectivity index (χ1n) is 8.67. The van der Waals surface area contributed by atoms with Gasteiger partial charge in [0.2, 0.25) is 0 Å². The molecule has 0 aromatic heterocycles. The van der Waals surface area contributed by atoms with E-state index in [2.05, 4.69) is 43.4 Å². The molecule has 20 heavy (non-hydrogen) atoms. The Labute approximate surface area is 125 Å². The molecule has 1 aromatic carbocycles. The van der Waals surface area contributed by atoms with Crippen molar-refractivity contribution in [2.75, 3.05) is 5.32 Å². The van der Waals surface area contributed by atoms with E-state index < -0.39 is 0 Å². The summed E-state index contributed by atoms with van der Waals surface area (Å²) in [4.78, 5) is 0. The fourth-order valence-corrected chi connectivity index (χ4v) is 3.38. The number of hydrogen-bond donors (Lipinski definition) is 1. The van der Waals surface area contributed by atoms with Crippen molar-refractivity contribution in [2.24, 2.45) is 5.92 Å². The van der Waals surface area contributed by atoms with Crippen LogP contribution in [0.5, 0.6) is 0 Å². The summed E-state index contributed by atoms with van der Waals surface area (Å²) in [6, 6.07) is 9.85. The highest BCUT2D eigenvalue weighted by Gasteiger charge is 2.20. The molecule has 0 aliphatic heterocycles. The Morgan fingerprint density at radius 2 is 1.85 bits per heavy atom. The van der Waals surface area contributed by atoms with Crippen molar-refractivity contribution in [2.45, 2.75) is 77.7 Å². The molecule has 0 heterocycles. The van der Waals surface area contributed by atoms with Gasteiger partial charge in [-0.15, -0.1) is 0 Å². The van der Waals surface area contributed by atoms with Gasteiger partial charge in [-0.3, -0.25) is 0 Å². The molecule has 2 unspecified atom stereocenters. The van der Waals surface area contributed by atoms with Gasteiger partial charge < -0.3 is 5.32 Å². The zero-order valence-electron chi connectivity index (χ0n) is 13.3. The maximum absolute atomic E-state index is 3.74. The molecule has 1 saturated carbocycles. The first-order valence-corrected chi connectivity index (χ1v) is 8.67. The van der Waals surface area contributed by atoms with Crippen LogP contribution < -0.4 is 5.32 Å². The van der Waals surface area contributed by atoms with Gasteiger partial charge in [-0.05, 0) is 49.3 Å². The number of anilines is 1. The third-order valence-corrected chi connectivity index (χ3v) is 4.75. The van der Waals surface area contributed by atoms with Gasteiger partial charge in [0, 0.05) is 11.7 Å². The SMILES string of the molecule is CCCCCc1ccc(NC2CCCC(CC)C2)cc1. The normalized spacial score (nSPS) is 22.7. The molecule has 0 spiro atoms. The highest BCUT2D eigenvalue weighted by Crippen LogP contribution is 2.28. The molecule has 0 saturated heterocycles. The number of hydrogen-bond acceptors (Lipinski definition) is 1. The Hall–Kier alpha value is -0.980. The van der Waals surface area contributed by atoms with Crippen LogP contribution in [0.1, 0.15) is 70.8 Å². The monoisotopic (exact) mass is 273 g/mol. The van der Waals surface area contributed by atoms with Crippen LogP contribution >= 0.6 is 0 Å². The van der Waals surface area contributed by atoms with Crippen LogP contribution in [0.25, 0.3) is 0 Å². The topological polar surface area (TPSA) is 12.0 Å². The molecule has 2 rings (SSSR count). The van der Waals surface area contributed by atoms with Crippen LogP contribution in [0.3, 0.4) is 0 Å². The minimum atomic E-state index is 0.694. The Morgan fingerprint density at radius 1 is 1.05 bits per heavy atom. The van der Waals surface area contributed by atoms with E-state index in [1.807, 2.05) is 0 Å². The van der Waals surface area contributed by atoms with Crippen LogP contribution in [-0.4, -0.2) is 6.04 Å². The lowest BCUT2D eigenvalue weighted by molar-refractivity contribution is 0.327. The maximum Gasteiger partial charge on any atom is 0.0342 e. The summed E-state index contributed by atoms with van der Waals surface area (Å²) in [7, 11) is 0. The van der Waals surface area contributed by atoms with Crippen LogP contribution in [0, 0.1) is 5.92 Å². The number of rotatable bonds is 7. The molecule has 2 atom stereocenters. The largest absolute Gasteiger partial charge is 0.382 e. The minimum Gasteiger partial charge on any atom is -0.382 e. The molecule has 1 nitrogen and oxygen atoms in total. The van der Waals surface area contributed by atoms with E-state index in [1.54, 1.807) is 0 Å². The fraction of sp³-hybridized carbons (Fsp3) is 0.684. The van der Waals surface area contributed by atoms with Gasteiger partial charge in [0.25, 0.3) is 0 Å². The van der Waals surface area contributed by atoms with Crippen LogP contribution in [-0.2, 0) is 6.42 Å². The van der Waals surface area contributed by atoms with Crippen molar-refractivity contribution in [3.05, 3.63) is 29.8 Å². The Bertz CT molecular complexity index is 368. The Morgan fingerprint density at radius 3 is 2.55 bits per heavy atom. The van der Waals surface area contributed by atoms with E-state index in [1.165, 1.54) is 69.0 Å². The molecule has 1 N–H and O–H groups in total. The quantitative estimate of drug-likeness (QED) is 0.619. The van der Waals surface area contributed by atoms with Gasteiger partial charge in [0.15, 0.2) is 0 Å². The number of aryl methyl sites for hydroxylation is 1. The molecular formula is C19H31N. The van der Waals surface area contributed by atoms with E-state index >= 15 is 0 Å². The summed E-state index contributed by atoms with van der Waals surface area (Å²) in [5.41, 5.74) is 2.80. The lowest BCUT2D eigenvalue weighted by Crippen LogP contribution is -2.27. The van der Waals surface area contributed by atoms with Gasteiger partial charge in [0.1, 0.15) is 0 Å². The third kappa shape index (κ3) is 4.85. The molecule has 0 radical (unpaired) electrons. The average molecular weight is 273 g/mol. The Balaban J connectivity index is 1.80. The molecule has 1 heteroatoms. The second kappa shape index (κ2) is 8.34. The first-order chi connectivity index (χ1) is 9.81. The predicted octanol–water partition coefficient (Wildman–Crippen LogP) is 5.80. The van der Waals surface area contributed by atoms with Crippen LogP contribution in [0.4, 0.5) is 5.69 Å². The highest BCUT2D eigenvalue weighted by molar-refractivity contribution is 5.45. The summed E-state index contributed by atoms with van der Waals surface area (Å²) in [5.74, 6) is 0.939. The lowest BCUT2D eigenvalue weighted by Gasteiger charge is -2.29. The molecule has 0 amide bonds. The van der Waals surface area contributed by atoms with Crippen LogP contribution in [0.15, 0.2) is 24.3 Å². The molecular weight excluding hydrogens is 242 g/mol. The second-order valence-electron chi connectivity index (χ2n) is 6.44. The zero-order valence-corrected chi connectivity index (χ0v) is 13.3. The number of nitrogens with one attached hydrogen (secondary N) is 1. The molecule has 1 aromatic rings. The van der Waals surface area contributed by atoms with Gasteiger partial charge >= 0.3 is 0 Å². The second-order valence-corrected chi connectivity index (χ2v) is 6.44. The number of benzene rings is 1. The van der Waals surface area contributed by atoms with Gasteiger partial charge in [-0.1, -0.05) is 58.1 Å². The standard InChI is InChI=1S/C19H31N/c1-3-5-6-8-17-11-13-18(14-12-17)20-19-10-7-9-16(4-2)15-19/h11-14,16,19-20H,3-10,15H2,1-2H3. The van der Waals surface area contributed by atoms with E-state index in [4.69, 9.17) is 0 Å². The molecule has 1 aliphatic rings. The average Bonchev–Trinajstić information content (AvgIpc) is 2.49. The van der Waals surface area contributed by atoms with Crippen molar-refractivity contribution >= 4 is 5.69 Å². The summed E-state index contributed by atoms with van der Waals surface area (Å²) >= 11 is 0. The van der Waals surface area contributed by atoms with Crippen molar-refractivity contribution < 1.29 is 0 Å². The molecule has 0 bridgehead atoms. The number of unbranched alkanes of at least 4 members (excludes halogenated alkanes) is 2. The van der Waals surface area contributed by atoms with Gasteiger partial charge in [-0.25, -0.2) is 0 Å². The minimum absolute atomic E-state index is 0.694. The van der Waals surface area contributed by atoms with Crippen molar-refractivity contribution in [1.82, 2.24) is 0 Å². The van der Waals surface area contributed by atoms with Gasteiger partial charge in [0.05, 0.1) is 0 Å². The van der Waals surface area contributed by atoms with Crippen molar-refractivity contribution in [1.29, 1.82) is 0 Å². The third-order valence-electron chi connectivity index (χ3n) is 4.75. The summed E-state index contributed by atoms with van der Waals surface area (Å²) in [5, 5.41) is 3.74. The van der Waals surface area contributed by atoms with Gasteiger partial charge in [-0.2, -0.15) is 0 Å². The van der Waals surface area contributed by atoms with E-state index in [0.29, 0.717) is 6.04 Å². The van der Waals surface area contributed by atoms with E-state index in [-0.39, 0.29) is 0 Å². The summed E-state index contributed by atoms with van der Waals surface area (Å²) < 4.78 is 0. The highest BCUT2D eigenvalue weighted by atomic mass is 14.9. The first kappa shape index (κ1) is 15.4. The summed E-state index contributed by atoms with van der Waals surface area (Å²) in [6.07, 6.45) is 12.1. The fourth-order valence-electron chi connectivity index (χ4n) is 3.38. The Kier molecular flexibility index (Phi) is 6.42. The van der Waals surface area contributed by atoms with Crippen molar-refractivity contribution in [3.8, 4) is 0 Å². The predicted molar refractivity (Wildman–Crippen MR) is 89.3 cm³/mol. The molecule has 1 aliphatic carbocycles. The molecule has 112 valence electrons. The van der Waals surface area contributed by atoms with Crippen LogP contribution in [0.2, 0.25) is 0 Å². The summed E-state index contributed by atoms with van der Waals surface area (Å²) in [6.45, 7) is 4.60. The van der Waals surface area contributed by atoms with E-state index in [9.17, 15) is 0 Å². The van der Waals surface area contributed by atoms with Crippen molar-refractivity contribution in [3.63, 3.8) is 0 Å². The molecule has 1 fully saturated rings. The smallest absolute Gasteiger partial charge is 0.0342 e. The van der Waals surface area contributed by atoms with E-state index in [0.717, 1.165) is 5.92 Å². The lowest BCUT2D eigenvalue weighted by atomic mass is 9.84. The maximum atomic E-state index is 3.74.